The maximum absolute atomic E-state index is 3.62. The van der Waals surface area contributed by atoms with E-state index >= 15 is 0 Å². The fourth-order valence-electron chi connectivity index (χ4n) is 2.29. The van der Waals surface area contributed by atoms with E-state index in [1.165, 1.54) is 21.9 Å². The number of fused-ring (bicyclic) bond motifs is 1. The molecule has 0 aliphatic heterocycles. The molecule has 2 heteroatoms. The van der Waals surface area contributed by atoms with Crippen molar-refractivity contribution in [2.75, 3.05) is 5.32 Å². The first-order valence-electron chi connectivity index (χ1n) is 6.70. The molecule has 1 N–H and O–H groups in total. The van der Waals surface area contributed by atoms with Gasteiger partial charge in [-0.3, -0.25) is 0 Å². The van der Waals surface area contributed by atoms with Crippen LogP contribution in [0.5, 0.6) is 0 Å². The molecule has 1 nitrogen and oxygen atoms in total. The molecule has 0 aromatic heterocycles. The number of hydrogen-bond donors (Lipinski definition) is 1. The van der Waals surface area contributed by atoms with Crippen molar-refractivity contribution >= 4 is 32.4 Å². The summed E-state index contributed by atoms with van der Waals surface area (Å²) in [7, 11) is 0. The third kappa shape index (κ3) is 2.86. The van der Waals surface area contributed by atoms with Gasteiger partial charge in [0, 0.05) is 16.7 Å². The van der Waals surface area contributed by atoms with E-state index in [1.54, 1.807) is 0 Å². The number of halogens is 1. The molecule has 20 heavy (non-hydrogen) atoms. The number of aryl methyl sites for hydroxylation is 1. The van der Waals surface area contributed by atoms with Crippen LogP contribution in [0, 0.1) is 6.92 Å². The second-order valence-electron chi connectivity index (χ2n) is 5.01. The molecule has 0 aliphatic carbocycles. The van der Waals surface area contributed by atoms with Crippen LogP contribution in [-0.4, -0.2) is 0 Å². The Kier molecular flexibility index (Phi) is 3.75. The van der Waals surface area contributed by atoms with Crippen molar-refractivity contribution < 1.29 is 0 Å². The first kappa shape index (κ1) is 13.2. The molecule has 3 rings (SSSR count). The second-order valence-corrected chi connectivity index (χ2v) is 5.86. The minimum atomic E-state index is 0.819. The molecule has 0 aliphatic rings. The molecule has 0 saturated heterocycles. The molecule has 0 atom stereocenters. The zero-order chi connectivity index (χ0) is 13.9. The fraction of sp³-hybridized carbons (Fsp3) is 0.111. The molecule has 0 bridgehead atoms. The molecule has 0 saturated carbocycles. The summed E-state index contributed by atoms with van der Waals surface area (Å²) in [5.41, 5.74) is 3.69. The van der Waals surface area contributed by atoms with Crippen molar-refractivity contribution in [2.45, 2.75) is 13.5 Å². The van der Waals surface area contributed by atoms with Gasteiger partial charge in [0.2, 0.25) is 0 Å². The van der Waals surface area contributed by atoms with Gasteiger partial charge in [-0.2, -0.15) is 0 Å². The van der Waals surface area contributed by atoms with Crippen LogP contribution >= 0.6 is 15.9 Å². The van der Waals surface area contributed by atoms with Crippen LogP contribution in [0.3, 0.4) is 0 Å². The van der Waals surface area contributed by atoms with Gasteiger partial charge in [-0.1, -0.05) is 58.4 Å². The van der Waals surface area contributed by atoms with Crippen LogP contribution in [0.15, 0.2) is 65.1 Å². The number of anilines is 1. The summed E-state index contributed by atoms with van der Waals surface area (Å²) < 4.78 is 1.16. The van der Waals surface area contributed by atoms with Gasteiger partial charge in [0.15, 0.2) is 0 Å². The van der Waals surface area contributed by atoms with E-state index in [4.69, 9.17) is 0 Å². The largest absolute Gasteiger partial charge is 0.381 e. The van der Waals surface area contributed by atoms with Crippen LogP contribution in [-0.2, 0) is 6.54 Å². The normalized spacial score (nSPS) is 10.7. The molecule has 0 fully saturated rings. The van der Waals surface area contributed by atoms with E-state index in [2.05, 4.69) is 88.8 Å². The molecule has 0 amide bonds. The van der Waals surface area contributed by atoms with Gasteiger partial charge < -0.3 is 5.32 Å². The zero-order valence-corrected chi connectivity index (χ0v) is 12.9. The summed E-state index contributed by atoms with van der Waals surface area (Å²) in [6, 6.07) is 21.3. The van der Waals surface area contributed by atoms with Gasteiger partial charge in [0.05, 0.1) is 0 Å². The number of nitrogens with one attached hydrogen (secondary N) is 1. The van der Waals surface area contributed by atoms with Crippen molar-refractivity contribution in [1.29, 1.82) is 0 Å². The highest BCUT2D eigenvalue weighted by Crippen LogP contribution is 2.22. The van der Waals surface area contributed by atoms with Crippen LogP contribution in [0.2, 0.25) is 0 Å². The van der Waals surface area contributed by atoms with Crippen molar-refractivity contribution in [3.05, 3.63) is 76.3 Å². The van der Waals surface area contributed by atoms with Gasteiger partial charge in [-0.15, -0.1) is 0 Å². The number of hydrogen-bond acceptors (Lipinski definition) is 1. The van der Waals surface area contributed by atoms with E-state index in [9.17, 15) is 0 Å². The Hall–Kier alpha value is -1.80. The van der Waals surface area contributed by atoms with E-state index < -0.39 is 0 Å². The Balaban J connectivity index is 1.79. The Morgan fingerprint density at radius 2 is 1.70 bits per heavy atom. The van der Waals surface area contributed by atoms with Gasteiger partial charge >= 0.3 is 0 Å². The standard InChI is InChI=1S/C18H16BrN/c1-13-6-7-16(18(19)10-13)12-20-17-9-8-14-4-2-3-5-15(14)11-17/h2-11,20H,12H2,1H3. The van der Waals surface area contributed by atoms with Gasteiger partial charge in [-0.05, 0) is 47.0 Å². The van der Waals surface area contributed by atoms with Gasteiger partial charge in [-0.25, -0.2) is 0 Å². The van der Waals surface area contributed by atoms with Crippen molar-refractivity contribution in [3.63, 3.8) is 0 Å². The molecule has 3 aromatic carbocycles. The summed E-state index contributed by atoms with van der Waals surface area (Å²) in [5, 5.41) is 6.02. The Bertz CT molecular complexity index is 749. The number of rotatable bonds is 3. The maximum atomic E-state index is 3.62. The van der Waals surface area contributed by atoms with Crippen LogP contribution in [0.25, 0.3) is 10.8 Å². The molecular weight excluding hydrogens is 310 g/mol. The fourth-order valence-corrected chi connectivity index (χ4v) is 2.93. The first-order chi connectivity index (χ1) is 9.72. The number of benzene rings is 3. The summed E-state index contributed by atoms with van der Waals surface area (Å²) in [5.74, 6) is 0. The lowest BCUT2D eigenvalue weighted by Crippen LogP contribution is -2.00. The van der Waals surface area contributed by atoms with Crippen molar-refractivity contribution in [1.82, 2.24) is 0 Å². The van der Waals surface area contributed by atoms with Crippen LogP contribution in [0.4, 0.5) is 5.69 Å². The molecular formula is C18H16BrN. The Morgan fingerprint density at radius 3 is 2.50 bits per heavy atom. The molecule has 0 heterocycles. The maximum Gasteiger partial charge on any atom is 0.0411 e. The average Bonchev–Trinajstić information content (AvgIpc) is 2.46. The molecule has 3 aromatic rings. The molecule has 100 valence electrons. The lowest BCUT2D eigenvalue weighted by molar-refractivity contribution is 1.13. The summed E-state index contributed by atoms with van der Waals surface area (Å²) in [6.45, 7) is 2.92. The summed E-state index contributed by atoms with van der Waals surface area (Å²) in [4.78, 5) is 0. The van der Waals surface area contributed by atoms with Gasteiger partial charge in [0.1, 0.15) is 0 Å². The highest BCUT2D eigenvalue weighted by molar-refractivity contribution is 9.10. The third-order valence-corrected chi connectivity index (χ3v) is 4.18. The second kappa shape index (κ2) is 5.68. The van der Waals surface area contributed by atoms with Crippen molar-refractivity contribution in [2.24, 2.45) is 0 Å². The molecule has 0 spiro atoms. The van der Waals surface area contributed by atoms with Crippen LogP contribution in [0.1, 0.15) is 11.1 Å². The topological polar surface area (TPSA) is 12.0 Å². The summed E-state index contributed by atoms with van der Waals surface area (Å²) >= 11 is 3.62. The Labute approximate surface area is 127 Å². The van der Waals surface area contributed by atoms with E-state index in [0.717, 1.165) is 16.7 Å². The van der Waals surface area contributed by atoms with Crippen molar-refractivity contribution in [3.8, 4) is 0 Å². The highest BCUT2D eigenvalue weighted by atomic mass is 79.9. The minimum absolute atomic E-state index is 0.819. The first-order valence-corrected chi connectivity index (χ1v) is 7.49. The quantitative estimate of drug-likeness (QED) is 0.668. The smallest absolute Gasteiger partial charge is 0.0411 e. The van der Waals surface area contributed by atoms with E-state index in [0.29, 0.717) is 0 Å². The van der Waals surface area contributed by atoms with E-state index in [1.807, 2.05) is 0 Å². The molecule has 0 unspecified atom stereocenters. The highest BCUT2D eigenvalue weighted by Gasteiger charge is 2.01. The summed E-state index contributed by atoms with van der Waals surface area (Å²) in [6.07, 6.45) is 0. The van der Waals surface area contributed by atoms with Gasteiger partial charge in [0.25, 0.3) is 0 Å². The lowest BCUT2D eigenvalue weighted by Gasteiger charge is -2.10. The minimum Gasteiger partial charge on any atom is -0.381 e. The lowest BCUT2D eigenvalue weighted by atomic mass is 10.1. The SMILES string of the molecule is Cc1ccc(CNc2ccc3ccccc3c2)c(Br)c1. The third-order valence-electron chi connectivity index (χ3n) is 3.44. The predicted octanol–water partition coefficient (Wildman–Crippen LogP) is 5.52. The zero-order valence-electron chi connectivity index (χ0n) is 11.4. The average molecular weight is 326 g/mol. The van der Waals surface area contributed by atoms with Crippen LogP contribution < -0.4 is 5.32 Å². The predicted molar refractivity (Wildman–Crippen MR) is 90.2 cm³/mol. The molecule has 0 radical (unpaired) electrons. The monoisotopic (exact) mass is 325 g/mol. The Morgan fingerprint density at radius 1 is 0.900 bits per heavy atom. The van der Waals surface area contributed by atoms with E-state index in [-0.39, 0.29) is 0 Å².